The second kappa shape index (κ2) is 7.87. The van der Waals surface area contributed by atoms with Crippen LogP contribution in [0.3, 0.4) is 0 Å². The molecule has 0 bridgehead atoms. The average Bonchev–Trinajstić information content (AvgIpc) is 2.70. The zero-order chi connectivity index (χ0) is 20.3. The van der Waals surface area contributed by atoms with Gasteiger partial charge in [-0.2, -0.15) is 0 Å². The summed E-state index contributed by atoms with van der Waals surface area (Å²) in [5.74, 6) is 0.927. The molecule has 0 aliphatic carbocycles. The molecule has 3 rings (SSSR count). The largest absolute Gasteiger partial charge is 0.496 e. The Kier molecular flexibility index (Phi) is 5.35. The van der Waals surface area contributed by atoms with Gasteiger partial charge in [0.05, 0.1) is 19.1 Å². The van der Waals surface area contributed by atoms with Gasteiger partial charge in [-0.15, -0.1) is 0 Å². The number of non-ortho nitro benzene ring substituents is 1. The lowest BCUT2D eigenvalue weighted by molar-refractivity contribution is -0.384. The van der Waals surface area contributed by atoms with Crippen LogP contribution in [0.1, 0.15) is 22.6 Å². The van der Waals surface area contributed by atoms with E-state index in [1.807, 2.05) is 12.1 Å². The molecule has 0 heterocycles. The highest BCUT2D eigenvalue weighted by Crippen LogP contribution is 2.42. The van der Waals surface area contributed by atoms with Crippen molar-refractivity contribution in [2.24, 2.45) is 0 Å². The lowest BCUT2D eigenvalue weighted by Crippen LogP contribution is -2.08. The quantitative estimate of drug-likeness (QED) is 0.290. The van der Waals surface area contributed by atoms with Crippen LogP contribution >= 0.6 is 0 Å². The second-order valence-corrected chi connectivity index (χ2v) is 6.28. The van der Waals surface area contributed by atoms with Crippen LogP contribution in [-0.4, -0.2) is 19.1 Å². The SMILES string of the molecule is COc1cc(N)ccc1C(c1ccc([N+](=O)[O-])cc1)c1ccc(N)cc1OC. The second-order valence-electron chi connectivity index (χ2n) is 6.28. The minimum Gasteiger partial charge on any atom is -0.496 e. The maximum absolute atomic E-state index is 11.0. The summed E-state index contributed by atoms with van der Waals surface area (Å²) in [6.07, 6.45) is 0. The summed E-state index contributed by atoms with van der Waals surface area (Å²) in [7, 11) is 3.15. The Hall–Kier alpha value is -3.74. The average molecular weight is 379 g/mol. The standard InChI is InChI=1S/C21H21N3O4/c1-27-19-11-14(22)5-9-17(19)21(13-3-7-16(8-4-13)24(25)26)18-10-6-15(23)12-20(18)28-2/h3-12,21H,22-23H2,1-2H3. The smallest absolute Gasteiger partial charge is 0.269 e. The van der Waals surface area contributed by atoms with Gasteiger partial charge in [0, 0.05) is 52.7 Å². The predicted molar refractivity (Wildman–Crippen MR) is 109 cm³/mol. The normalized spacial score (nSPS) is 10.7. The summed E-state index contributed by atoms with van der Waals surface area (Å²) in [6.45, 7) is 0. The summed E-state index contributed by atoms with van der Waals surface area (Å²) < 4.78 is 11.1. The van der Waals surface area contributed by atoms with E-state index >= 15 is 0 Å². The fraction of sp³-hybridized carbons (Fsp3) is 0.143. The van der Waals surface area contributed by atoms with E-state index < -0.39 is 4.92 Å². The number of nitrogens with zero attached hydrogens (tertiary/aromatic N) is 1. The molecule has 0 fully saturated rings. The van der Waals surface area contributed by atoms with Crippen molar-refractivity contribution < 1.29 is 14.4 Å². The fourth-order valence-electron chi connectivity index (χ4n) is 3.25. The summed E-state index contributed by atoms with van der Waals surface area (Å²) in [6, 6.07) is 17.3. The summed E-state index contributed by atoms with van der Waals surface area (Å²) in [5.41, 5.74) is 15.6. The predicted octanol–water partition coefficient (Wildman–Crippen LogP) is 3.96. The Balaban J connectivity index is 2.24. The molecule has 28 heavy (non-hydrogen) atoms. The Bertz CT molecular complexity index is 950. The first-order chi connectivity index (χ1) is 13.4. The van der Waals surface area contributed by atoms with Crippen LogP contribution in [0.5, 0.6) is 11.5 Å². The first kappa shape index (κ1) is 19.0. The first-order valence-electron chi connectivity index (χ1n) is 8.55. The topological polar surface area (TPSA) is 114 Å². The molecule has 3 aromatic rings. The highest BCUT2D eigenvalue weighted by atomic mass is 16.6. The van der Waals surface area contributed by atoms with E-state index in [1.165, 1.54) is 12.1 Å². The molecule has 0 spiro atoms. The molecule has 0 aliphatic heterocycles. The number of nitrogens with two attached hydrogens (primary N) is 2. The van der Waals surface area contributed by atoms with Gasteiger partial charge in [-0.05, 0) is 17.7 Å². The molecule has 4 N–H and O–H groups in total. The van der Waals surface area contributed by atoms with Gasteiger partial charge in [0.15, 0.2) is 0 Å². The maximum atomic E-state index is 11.0. The van der Waals surface area contributed by atoms with Gasteiger partial charge in [0.1, 0.15) is 11.5 Å². The Morgan fingerprint density at radius 2 is 1.29 bits per heavy atom. The van der Waals surface area contributed by atoms with Gasteiger partial charge < -0.3 is 20.9 Å². The van der Waals surface area contributed by atoms with Crippen LogP contribution in [-0.2, 0) is 0 Å². The lowest BCUT2D eigenvalue weighted by Gasteiger charge is -2.23. The minimum absolute atomic E-state index is 0.0241. The number of nitro benzene ring substituents is 1. The van der Waals surface area contributed by atoms with E-state index in [-0.39, 0.29) is 11.6 Å². The molecule has 144 valence electrons. The van der Waals surface area contributed by atoms with E-state index in [9.17, 15) is 10.1 Å². The molecule has 3 aromatic carbocycles. The lowest BCUT2D eigenvalue weighted by atomic mass is 9.83. The fourth-order valence-corrected chi connectivity index (χ4v) is 3.25. The molecular formula is C21H21N3O4. The van der Waals surface area contributed by atoms with Crippen LogP contribution < -0.4 is 20.9 Å². The molecule has 0 amide bonds. The zero-order valence-electron chi connectivity index (χ0n) is 15.6. The van der Waals surface area contributed by atoms with Gasteiger partial charge in [0.2, 0.25) is 0 Å². The van der Waals surface area contributed by atoms with Gasteiger partial charge in [0.25, 0.3) is 5.69 Å². The van der Waals surface area contributed by atoms with Gasteiger partial charge in [-0.1, -0.05) is 24.3 Å². The van der Waals surface area contributed by atoms with Crippen molar-refractivity contribution in [2.75, 3.05) is 25.7 Å². The van der Waals surface area contributed by atoms with Gasteiger partial charge in [-0.25, -0.2) is 0 Å². The molecule has 0 aliphatic rings. The molecule has 0 unspecified atom stereocenters. The molecule has 0 saturated heterocycles. The van der Waals surface area contributed by atoms with Crippen molar-refractivity contribution in [1.82, 2.24) is 0 Å². The number of methoxy groups -OCH3 is 2. The maximum Gasteiger partial charge on any atom is 0.269 e. The van der Waals surface area contributed by atoms with Crippen LogP contribution in [0, 0.1) is 10.1 Å². The van der Waals surface area contributed by atoms with Crippen molar-refractivity contribution in [1.29, 1.82) is 0 Å². The monoisotopic (exact) mass is 379 g/mol. The Morgan fingerprint density at radius 3 is 1.68 bits per heavy atom. The van der Waals surface area contributed by atoms with Gasteiger partial charge >= 0.3 is 0 Å². The molecule has 0 radical (unpaired) electrons. The van der Waals surface area contributed by atoms with E-state index in [0.29, 0.717) is 22.9 Å². The number of nitrogen functional groups attached to an aromatic ring is 2. The summed E-state index contributed by atoms with van der Waals surface area (Å²) in [5, 5.41) is 11.0. The molecular weight excluding hydrogens is 358 g/mol. The molecule has 0 aromatic heterocycles. The Labute approximate surface area is 162 Å². The molecule has 0 saturated carbocycles. The third-order valence-electron chi connectivity index (χ3n) is 4.57. The highest BCUT2D eigenvalue weighted by Gasteiger charge is 2.24. The molecule has 7 heteroatoms. The number of ether oxygens (including phenoxy) is 2. The van der Waals surface area contributed by atoms with E-state index in [4.69, 9.17) is 20.9 Å². The number of rotatable bonds is 6. The van der Waals surface area contributed by atoms with E-state index in [1.54, 1.807) is 50.6 Å². The molecule has 7 nitrogen and oxygen atoms in total. The number of nitro groups is 1. The number of anilines is 2. The number of hydrogen-bond acceptors (Lipinski definition) is 6. The molecule has 0 atom stereocenters. The number of benzene rings is 3. The number of hydrogen-bond donors (Lipinski definition) is 2. The minimum atomic E-state index is -0.424. The van der Waals surface area contributed by atoms with Crippen LogP contribution in [0.25, 0.3) is 0 Å². The van der Waals surface area contributed by atoms with Crippen molar-refractivity contribution in [3.63, 3.8) is 0 Å². The van der Waals surface area contributed by atoms with E-state index in [2.05, 4.69) is 0 Å². The van der Waals surface area contributed by atoms with Crippen molar-refractivity contribution in [2.45, 2.75) is 5.92 Å². The summed E-state index contributed by atoms with van der Waals surface area (Å²) >= 11 is 0. The van der Waals surface area contributed by atoms with Crippen LogP contribution in [0.15, 0.2) is 60.7 Å². The van der Waals surface area contributed by atoms with Gasteiger partial charge in [-0.3, -0.25) is 10.1 Å². The summed E-state index contributed by atoms with van der Waals surface area (Å²) in [4.78, 5) is 10.6. The van der Waals surface area contributed by atoms with Crippen molar-refractivity contribution >= 4 is 17.1 Å². The van der Waals surface area contributed by atoms with Crippen LogP contribution in [0.2, 0.25) is 0 Å². The third-order valence-corrected chi connectivity index (χ3v) is 4.57. The van der Waals surface area contributed by atoms with Crippen LogP contribution in [0.4, 0.5) is 17.1 Å². The zero-order valence-corrected chi connectivity index (χ0v) is 15.6. The van der Waals surface area contributed by atoms with E-state index in [0.717, 1.165) is 16.7 Å². The first-order valence-corrected chi connectivity index (χ1v) is 8.55. The highest BCUT2D eigenvalue weighted by molar-refractivity contribution is 5.60. The van der Waals surface area contributed by atoms with Crippen molar-refractivity contribution in [3.05, 3.63) is 87.5 Å². The third kappa shape index (κ3) is 3.68. The Morgan fingerprint density at radius 1 is 0.821 bits per heavy atom. The van der Waals surface area contributed by atoms with Crippen molar-refractivity contribution in [3.8, 4) is 11.5 Å².